The summed E-state index contributed by atoms with van der Waals surface area (Å²) >= 11 is 6.76. The second kappa shape index (κ2) is 7.57. The van der Waals surface area contributed by atoms with E-state index in [9.17, 15) is 9.90 Å². The highest BCUT2D eigenvalue weighted by Gasteiger charge is 2.19. The summed E-state index contributed by atoms with van der Waals surface area (Å²) in [6.07, 6.45) is 6.15. The van der Waals surface area contributed by atoms with Crippen molar-refractivity contribution in [1.29, 1.82) is 0 Å². The lowest BCUT2D eigenvalue weighted by Gasteiger charge is -2.17. The van der Waals surface area contributed by atoms with E-state index in [1.165, 1.54) is 25.7 Å². The molecule has 0 saturated heterocycles. The topological polar surface area (TPSA) is 46.5 Å². The maximum Gasteiger partial charge on any atom is 0.150 e. The zero-order valence-electron chi connectivity index (χ0n) is 11.1. The van der Waals surface area contributed by atoms with E-state index in [0.29, 0.717) is 26.2 Å². The Labute approximate surface area is 136 Å². The standard InChI is InChI=1S/C15H18Br2O3/c16-13-6-11(8-18)7-14(17)15(13)20-9-12(19)5-10-3-1-2-4-10/h6-8,10,12,19H,1-5,9H2. The summed E-state index contributed by atoms with van der Waals surface area (Å²) in [6, 6.07) is 3.41. The molecular formula is C15H18Br2O3. The second-order valence-electron chi connectivity index (χ2n) is 5.28. The third kappa shape index (κ3) is 4.30. The van der Waals surface area contributed by atoms with Crippen LogP contribution in [0.25, 0.3) is 0 Å². The van der Waals surface area contributed by atoms with Crippen molar-refractivity contribution < 1.29 is 14.6 Å². The number of aliphatic hydroxyl groups is 1. The molecule has 110 valence electrons. The predicted molar refractivity (Wildman–Crippen MR) is 85.3 cm³/mol. The van der Waals surface area contributed by atoms with Crippen LogP contribution in [0.3, 0.4) is 0 Å². The Morgan fingerprint density at radius 1 is 1.30 bits per heavy atom. The largest absolute Gasteiger partial charge is 0.489 e. The van der Waals surface area contributed by atoms with Crippen LogP contribution in [0.1, 0.15) is 42.5 Å². The molecule has 1 N–H and O–H groups in total. The molecule has 1 saturated carbocycles. The van der Waals surface area contributed by atoms with Crippen molar-refractivity contribution >= 4 is 38.1 Å². The Kier molecular flexibility index (Phi) is 6.05. The molecule has 1 aromatic rings. The van der Waals surface area contributed by atoms with E-state index >= 15 is 0 Å². The summed E-state index contributed by atoms with van der Waals surface area (Å²) in [5, 5.41) is 10.0. The normalized spacial score (nSPS) is 17.1. The van der Waals surface area contributed by atoms with Crippen LogP contribution in [0, 0.1) is 5.92 Å². The highest BCUT2D eigenvalue weighted by molar-refractivity contribution is 9.11. The molecule has 20 heavy (non-hydrogen) atoms. The zero-order chi connectivity index (χ0) is 14.5. The lowest BCUT2D eigenvalue weighted by molar-refractivity contribution is 0.0848. The molecular weight excluding hydrogens is 388 g/mol. The third-order valence-corrected chi connectivity index (χ3v) is 4.83. The number of aldehydes is 1. The minimum Gasteiger partial charge on any atom is -0.489 e. The molecule has 0 spiro atoms. The number of carbonyl (C=O) groups is 1. The first kappa shape index (κ1) is 16.0. The van der Waals surface area contributed by atoms with Gasteiger partial charge in [-0.25, -0.2) is 0 Å². The van der Waals surface area contributed by atoms with Gasteiger partial charge in [-0.1, -0.05) is 25.7 Å². The Hall–Kier alpha value is -0.390. The Bertz CT molecular complexity index is 447. The van der Waals surface area contributed by atoms with Gasteiger partial charge in [-0.15, -0.1) is 0 Å². The first-order valence-electron chi connectivity index (χ1n) is 6.85. The van der Waals surface area contributed by atoms with Crippen LogP contribution in [0.5, 0.6) is 5.75 Å². The number of benzene rings is 1. The molecule has 0 radical (unpaired) electrons. The van der Waals surface area contributed by atoms with Crippen molar-refractivity contribution in [3.05, 3.63) is 26.6 Å². The zero-order valence-corrected chi connectivity index (χ0v) is 14.3. The van der Waals surface area contributed by atoms with Gasteiger partial charge in [0.05, 0.1) is 15.0 Å². The Morgan fingerprint density at radius 2 is 1.90 bits per heavy atom. The van der Waals surface area contributed by atoms with Crippen molar-refractivity contribution in [3.63, 3.8) is 0 Å². The molecule has 0 bridgehead atoms. The number of aliphatic hydroxyl groups excluding tert-OH is 1. The van der Waals surface area contributed by atoms with Crippen LogP contribution >= 0.6 is 31.9 Å². The SMILES string of the molecule is O=Cc1cc(Br)c(OCC(O)CC2CCCC2)c(Br)c1. The minimum atomic E-state index is -0.442. The molecule has 1 aliphatic rings. The van der Waals surface area contributed by atoms with Gasteiger partial charge in [0, 0.05) is 5.56 Å². The summed E-state index contributed by atoms with van der Waals surface area (Å²) in [6.45, 7) is 0.272. The third-order valence-electron chi connectivity index (χ3n) is 3.66. The molecule has 2 rings (SSSR count). The van der Waals surface area contributed by atoms with Gasteiger partial charge in [0.25, 0.3) is 0 Å². The molecule has 1 aromatic carbocycles. The summed E-state index contributed by atoms with van der Waals surface area (Å²) in [5.74, 6) is 1.26. The lowest BCUT2D eigenvalue weighted by Crippen LogP contribution is -2.20. The van der Waals surface area contributed by atoms with E-state index in [1.54, 1.807) is 12.1 Å². The van der Waals surface area contributed by atoms with Gasteiger partial charge in [-0.05, 0) is 56.3 Å². The smallest absolute Gasteiger partial charge is 0.150 e. The number of hydrogen-bond donors (Lipinski definition) is 1. The molecule has 1 atom stereocenters. The molecule has 1 unspecified atom stereocenters. The van der Waals surface area contributed by atoms with E-state index in [0.717, 1.165) is 12.7 Å². The molecule has 3 nitrogen and oxygen atoms in total. The van der Waals surface area contributed by atoms with E-state index in [2.05, 4.69) is 31.9 Å². The number of carbonyl (C=O) groups excluding carboxylic acids is 1. The molecule has 1 aliphatic carbocycles. The molecule has 0 amide bonds. The van der Waals surface area contributed by atoms with Crippen LogP contribution in [-0.2, 0) is 0 Å². The summed E-state index contributed by atoms with van der Waals surface area (Å²) < 4.78 is 7.10. The number of ether oxygens (including phenoxy) is 1. The van der Waals surface area contributed by atoms with Gasteiger partial charge < -0.3 is 9.84 Å². The molecule has 1 fully saturated rings. The lowest BCUT2D eigenvalue weighted by atomic mass is 10.0. The maximum absolute atomic E-state index is 10.8. The van der Waals surface area contributed by atoms with Crippen LogP contribution in [-0.4, -0.2) is 24.1 Å². The highest BCUT2D eigenvalue weighted by atomic mass is 79.9. The summed E-state index contributed by atoms with van der Waals surface area (Å²) in [4.78, 5) is 10.8. The van der Waals surface area contributed by atoms with E-state index < -0.39 is 6.10 Å². The quantitative estimate of drug-likeness (QED) is 0.715. The predicted octanol–water partition coefficient (Wildman–Crippen LogP) is 4.34. The molecule has 0 heterocycles. The van der Waals surface area contributed by atoms with Crippen LogP contribution in [0.4, 0.5) is 0 Å². The highest BCUT2D eigenvalue weighted by Crippen LogP contribution is 2.35. The summed E-state index contributed by atoms with van der Waals surface area (Å²) in [5.41, 5.74) is 0.572. The molecule has 0 aromatic heterocycles. The fourth-order valence-electron chi connectivity index (χ4n) is 2.66. The number of halogens is 2. The number of hydrogen-bond acceptors (Lipinski definition) is 3. The van der Waals surface area contributed by atoms with Crippen molar-refractivity contribution in [1.82, 2.24) is 0 Å². The monoisotopic (exact) mass is 404 g/mol. The summed E-state index contributed by atoms with van der Waals surface area (Å²) in [7, 11) is 0. The average molecular weight is 406 g/mol. The van der Waals surface area contributed by atoms with Crippen molar-refractivity contribution in [2.24, 2.45) is 5.92 Å². The first-order chi connectivity index (χ1) is 9.60. The Morgan fingerprint density at radius 3 is 2.45 bits per heavy atom. The average Bonchev–Trinajstić information content (AvgIpc) is 2.90. The van der Waals surface area contributed by atoms with Gasteiger partial charge in [-0.2, -0.15) is 0 Å². The van der Waals surface area contributed by atoms with Gasteiger partial charge in [0.15, 0.2) is 0 Å². The molecule has 5 heteroatoms. The van der Waals surface area contributed by atoms with E-state index in [-0.39, 0.29) is 6.61 Å². The van der Waals surface area contributed by atoms with Crippen molar-refractivity contribution in [2.45, 2.75) is 38.2 Å². The number of rotatable bonds is 6. The minimum absolute atomic E-state index is 0.272. The molecule has 0 aliphatic heterocycles. The van der Waals surface area contributed by atoms with Crippen LogP contribution in [0.15, 0.2) is 21.1 Å². The van der Waals surface area contributed by atoms with Gasteiger partial charge in [-0.3, -0.25) is 4.79 Å². The fraction of sp³-hybridized carbons (Fsp3) is 0.533. The van der Waals surface area contributed by atoms with Crippen molar-refractivity contribution in [2.75, 3.05) is 6.61 Å². The van der Waals surface area contributed by atoms with Gasteiger partial charge in [0.1, 0.15) is 18.6 Å². The maximum atomic E-state index is 10.8. The van der Waals surface area contributed by atoms with Crippen LogP contribution in [0.2, 0.25) is 0 Å². The fourth-order valence-corrected chi connectivity index (χ4v) is 4.11. The van der Waals surface area contributed by atoms with Crippen LogP contribution < -0.4 is 4.74 Å². The van der Waals surface area contributed by atoms with E-state index in [4.69, 9.17) is 4.74 Å². The second-order valence-corrected chi connectivity index (χ2v) is 6.99. The van der Waals surface area contributed by atoms with Gasteiger partial charge in [0.2, 0.25) is 0 Å². The van der Waals surface area contributed by atoms with Gasteiger partial charge >= 0.3 is 0 Å². The van der Waals surface area contributed by atoms with E-state index in [1.807, 2.05) is 0 Å². The first-order valence-corrected chi connectivity index (χ1v) is 8.44. The van der Waals surface area contributed by atoms with Crippen molar-refractivity contribution in [3.8, 4) is 5.75 Å². The Balaban J connectivity index is 1.91.